The molecule has 0 amide bonds. The molecule has 4 aliphatic rings. The third-order valence-electron chi connectivity index (χ3n) is 14.7. The van der Waals surface area contributed by atoms with Gasteiger partial charge in [0.1, 0.15) is 0 Å². The maximum Gasteiger partial charge on any atom is 0.305 e. The van der Waals surface area contributed by atoms with Crippen molar-refractivity contribution in [3.8, 4) is 0 Å². The molecule has 2 unspecified atom stereocenters. The van der Waals surface area contributed by atoms with Crippen molar-refractivity contribution in [1.82, 2.24) is 0 Å². The molecule has 2 atom stereocenters. The molecule has 1 aromatic heterocycles. The number of rotatable bonds is 8. The van der Waals surface area contributed by atoms with Crippen molar-refractivity contribution in [2.45, 2.75) is 55.8 Å². The van der Waals surface area contributed by atoms with Gasteiger partial charge in [0, 0.05) is 30.1 Å². The van der Waals surface area contributed by atoms with E-state index in [2.05, 4.69) is 83.6 Å². The Labute approximate surface area is 302 Å². The Morgan fingerprint density at radius 2 is 1.19 bits per heavy atom. The van der Waals surface area contributed by atoms with Crippen LogP contribution in [0.4, 0.5) is 0 Å². The topological polar surface area (TPSA) is 26.3 Å². The van der Waals surface area contributed by atoms with Crippen LogP contribution in [0.1, 0.15) is 75.6 Å². The zero-order chi connectivity index (χ0) is 33.4. The summed E-state index contributed by atoms with van der Waals surface area (Å²) < 4.78 is 5.77. The Bertz CT molecular complexity index is 3200. The molecule has 1 saturated carbocycles. The van der Waals surface area contributed by atoms with E-state index in [0.29, 0.717) is 24.9 Å². The minimum absolute atomic E-state index is 0.0395. The lowest BCUT2D eigenvalue weighted by atomic mass is 9.83. The summed E-state index contributed by atoms with van der Waals surface area (Å²) in [4.78, 5) is 13.1. The van der Waals surface area contributed by atoms with Gasteiger partial charge in [0.25, 0.3) is 0 Å². The number of esters is 1. The molecule has 1 heterocycles. The van der Waals surface area contributed by atoms with E-state index >= 15 is 0 Å². The van der Waals surface area contributed by atoms with Crippen molar-refractivity contribution in [2.75, 3.05) is 6.61 Å². The van der Waals surface area contributed by atoms with Gasteiger partial charge in [-0.2, -0.15) is 11.3 Å². The van der Waals surface area contributed by atoms with E-state index in [1.54, 1.807) is 87.1 Å². The Balaban J connectivity index is 0.976. The van der Waals surface area contributed by atoms with Gasteiger partial charge in [-0.15, -0.1) is 0 Å². The normalized spacial score (nSPS) is 21.1. The Kier molecular flexibility index (Phi) is 4.26. The molecule has 3 heteroatoms. The molecule has 52 heavy (non-hydrogen) atoms. The molecule has 0 bridgehead atoms. The van der Waals surface area contributed by atoms with E-state index in [1.165, 1.54) is 54.9 Å². The summed E-state index contributed by atoms with van der Waals surface area (Å²) in [5, 5.41) is 28.9. The maximum atomic E-state index is 13.1. The molecule has 11 aromatic rings. The summed E-state index contributed by atoms with van der Waals surface area (Å²) in [6.45, 7) is 0.460. The average Bonchev–Trinajstić information content (AvgIpc) is 3.78. The van der Waals surface area contributed by atoms with Gasteiger partial charge in [0.2, 0.25) is 0 Å². The third-order valence-corrected chi connectivity index (χ3v) is 15.5. The zero-order valence-electron chi connectivity index (χ0n) is 28.4. The minimum Gasteiger partial charge on any atom is -0.465 e. The molecular weight excluding hydrogens is 653 g/mol. The highest BCUT2D eigenvalue weighted by Gasteiger charge is 2.68. The molecule has 1 fully saturated rings. The monoisotopic (exact) mass is 682 g/mol. The van der Waals surface area contributed by atoms with E-state index < -0.39 is 0 Å². The number of carbonyl (C=O) groups excluding carboxylic acids is 1. The van der Waals surface area contributed by atoms with Crippen molar-refractivity contribution in [3.05, 3.63) is 128 Å². The molecule has 0 saturated heterocycles. The van der Waals surface area contributed by atoms with Gasteiger partial charge < -0.3 is 4.74 Å². The fourth-order valence-electron chi connectivity index (χ4n) is 13.2. The van der Waals surface area contributed by atoms with Crippen LogP contribution in [-0.4, -0.2) is 12.6 Å². The Hall–Kier alpha value is -5.25. The summed E-state index contributed by atoms with van der Waals surface area (Å²) in [5.41, 5.74) is 11.9. The molecule has 4 aliphatic carbocycles. The first kappa shape index (κ1) is 26.5. The standard InChI is InChI=1S/C49H30O2S/c50-32(51-13-10-22-11-14-52-21-22)7-4-12-49(29-5-2-1-3-6-29)47-30-19-27-17-25-15-23-8-9-24-16-26-18-28-20-31(48(47)49)40-39(30)43-37(27)35(25)41-33(23)34(24)42-36(26)38(28)44(40)46(43)45(41)42/h1-3,5-6,8-9,11,14-16,19-21,47-48H,4,7,10,12-13,17-18H2. The van der Waals surface area contributed by atoms with Gasteiger partial charge in [0.15, 0.2) is 0 Å². The van der Waals surface area contributed by atoms with Gasteiger partial charge in [0.05, 0.1) is 6.61 Å². The van der Waals surface area contributed by atoms with E-state index in [4.69, 9.17) is 4.74 Å². The van der Waals surface area contributed by atoms with Crippen LogP contribution in [0.25, 0.3) is 86.2 Å². The first-order valence-electron chi connectivity index (χ1n) is 19.2. The van der Waals surface area contributed by atoms with E-state index in [1.807, 2.05) is 0 Å². The third kappa shape index (κ3) is 2.65. The molecule has 0 spiro atoms. The number of carbonyl (C=O) groups is 1. The molecule has 244 valence electrons. The zero-order valence-corrected chi connectivity index (χ0v) is 29.2. The Morgan fingerprint density at radius 3 is 1.77 bits per heavy atom. The highest BCUT2D eigenvalue weighted by atomic mass is 32.1. The van der Waals surface area contributed by atoms with Crippen LogP contribution in [0.3, 0.4) is 0 Å². The lowest BCUT2D eigenvalue weighted by Gasteiger charge is -2.20. The highest BCUT2D eigenvalue weighted by Crippen LogP contribution is 2.78. The average molecular weight is 683 g/mol. The van der Waals surface area contributed by atoms with Gasteiger partial charge in [-0.25, -0.2) is 0 Å². The summed E-state index contributed by atoms with van der Waals surface area (Å²) in [7, 11) is 0. The smallest absolute Gasteiger partial charge is 0.305 e. The second-order valence-corrected chi connectivity index (χ2v) is 17.5. The highest BCUT2D eigenvalue weighted by molar-refractivity contribution is 7.07. The molecule has 0 radical (unpaired) electrons. The SMILES string of the molecule is O=C(CCCC1(c2ccccc2)C2c3cc4c5c6c(cc7ccc8cc9c%10c%11c(cc(c%12c3c5c(c%12%11)c3c6c7c8c%103)C21)C9)C4)OCCc1ccsc1. The Morgan fingerprint density at radius 1 is 0.635 bits per heavy atom. The lowest BCUT2D eigenvalue weighted by Crippen LogP contribution is -2.14. The first-order valence-corrected chi connectivity index (χ1v) is 20.1. The molecule has 0 N–H and O–H groups in total. The molecular formula is C49H30O2S. The van der Waals surface area contributed by atoms with Crippen LogP contribution < -0.4 is 0 Å². The van der Waals surface area contributed by atoms with Crippen LogP contribution in [0.15, 0.2) is 83.6 Å². The number of hydrogen-bond acceptors (Lipinski definition) is 3. The largest absolute Gasteiger partial charge is 0.465 e. The number of ether oxygens (including phenoxy) is 1. The fraction of sp³-hybridized carbons (Fsp3) is 0.204. The summed E-state index contributed by atoms with van der Waals surface area (Å²) in [5.74, 6) is 0.752. The van der Waals surface area contributed by atoms with E-state index in [-0.39, 0.29) is 11.4 Å². The second kappa shape index (κ2) is 8.35. The van der Waals surface area contributed by atoms with Gasteiger partial charge in [-0.1, -0.05) is 66.7 Å². The summed E-state index contributed by atoms with van der Waals surface area (Å²) in [6, 6.07) is 28.7. The van der Waals surface area contributed by atoms with Crippen molar-refractivity contribution < 1.29 is 9.53 Å². The predicted molar refractivity (Wildman–Crippen MR) is 214 cm³/mol. The number of thiophene rings is 1. The molecule has 0 aliphatic heterocycles. The fourth-order valence-corrected chi connectivity index (χ4v) is 13.9. The maximum absolute atomic E-state index is 13.1. The van der Waals surface area contributed by atoms with Crippen LogP contribution in [0.5, 0.6) is 0 Å². The van der Waals surface area contributed by atoms with Crippen molar-refractivity contribution in [2.24, 2.45) is 0 Å². The van der Waals surface area contributed by atoms with Crippen LogP contribution in [0.2, 0.25) is 0 Å². The van der Waals surface area contributed by atoms with Crippen LogP contribution >= 0.6 is 11.3 Å². The summed E-state index contributed by atoms with van der Waals surface area (Å²) >= 11 is 1.70. The molecule has 15 rings (SSSR count). The predicted octanol–water partition coefficient (Wildman–Crippen LogP) is 12.1. The van der Waals surface area contributed by atoms with Crippen molar-refractivity contribution >= 4 is 103 Å². The quantitative estimate of drug-likeness (QED) is 0.118. The first-order chi connectivity index (χ1) is 25.7. The minimum atomic E-state index is -0.0623. The van der Waals surface area contributed by atoms with E-state index in [9.17, 15) is 4.79 Å². The summed E-state index contributed by atoms with van der Waals surface area (Å²) in [6.07, 6.45) is 5.12. The lowest BCUT2D eigenvalue weighted by molar-refractivity contribution is -0.143. The molecule has 2 nitrogen and oxygen atoms in total. The van der Waals surface area contributed by atoms with Crippen LogP contribution in [0, 0.1) is 0 Å². The molecule has 10 aromatic carbocycles. The van der Waals surface area contributed by atoms with Gasteiger partial charge in [-0.05, 0) is 173 Å². The number of hydrogen-bond donors (Lipinski definition) is 0. The van der Waals surface area contributed by atoms with Crippen LogP contribution in [-0.2, 0) is 34.2 Å². The number of fused-ring (bicyclic) bond motifs is 3. The van der Waals surface area contributed by atoms with Crippen molar-refractivity contribution in [3.63, 3.8) is 0 Å². The second-order valence-electron chi connectivity index (χ2n) is 16.8. The number of benzene rings is 8. The van der Waals surface area contributed by atoms with Crippen molar-refractivity contribution in [1.29, 1.82) is 0 Å². The van der Waals surface area contributed by atoms with E-state index in [0.717, 1.165) is 32.1 Å². The van der Waals surface area contributed by atoms with Gasteiger partial charge in [-0.3, -0.25) is 4.79 Å². The van der Waals surface area contributed by atoms with Gasteiger partial charge >= 0.3 is 5.97 Å².